The Kier molecular flexibility index (Phi) is 5.01. The first-order valence-corrected chi connectivity index (χ1v) is 8.99. The minimum atomic E-state index is -0.262. The van der Waals surface area contributed by atoms with Crippen LogP contribution in [0, 0.1) is 0 Å². The Labute approximate surface area is 152 Å². The number of rotatable bonds is 4. The molecule has 0 fully saturated rings. The van der Waals surface area contributed by atoms with Crippen molar-refractivity contribution in [2.24, 2.45) is 0 Å². The van der Waals surface area contributed by atoms with E-state index in [0.29, 0.717) is 16.6 Å². The molecule has 1 amide bonds. The summed E-state index contributed by atoms with van der Waals surface area (Å²) >= 11 is 4.64. The number of nitrogens with zero attached hydrogens (tertiary/aromatic N) is 3. The highest BCUT2D eigenvalue weighted by Gasteiger charge is 2.12. The predicted octanol–water partition coefficient (Wildman–Crippen LogP) is 4.74. The van der Waals surface area contributed by atoms with E-state index in [4.69, 9.17) is 0 Å². The summed E-state index contributed by atoms with van der Waals surface area (Å²) < 4.78 is 0.748. The second-order valence-electron chi connectivity index (χ2n) is 5.54. The number of nitrogens with one attached hydrogen (secondary N) is 1. The Morgan fingerprint density at radius 3 is 2.58 bits per heavy atom. The first-order chi connectivity index (χ1) is 11.5. The second-order valence-corrected chi connectivity index (χ2v) is 7.43. The summed E-state index contributed by atoms with van der Waals surface area (Å²) in [5.74, 6) is 0.226. The van der Waals surface area contributed by atoms with Crippen molar-refractivity contribution in [3.63, 3.8) is 0 Å². The first kappa shape index (κ1) is 16.7. The van der Waals surface area contributed by atoms with E-state index in [1.807, 2.05) is 12.1 Å². The maximum atomic E-state index is 12.2. The van der Waals surface area contributed by atoms with E-state index >= 15 is 0 Å². The lowest BCUT2D eigenvalue weighted by atomic mass is 10.0. The molecule has 1 N–H and O–H groups in total. The number of hydrogen-bond acceptors (Lipinski definition) is 5. The van der Waals surface area contributed by atoms with Gasteiger partial charge in [-0.15, -0.1) is 10.2 Å². The van der Waals surface area contributed by atoms with Crippen molar-refractivity contribution in [3.05, 3.63) is 58.3 Å². The zero-order valence-corrected chi connectivity index (χ0v) is 15.6. The number of carbonyl (C=O) groups is 1. The molecule has 5 nitrogen and oxygen atoms in total. The van der Waals surface area contributed by atoms with Gasteiger partial charge >= 0.3 is 0 Å². The van der Waals surface area contributed by atoms with Crippen molar-refractivity contribution >= 4 is 38.3 Å². The minimum Gasteiger partial charge on any atom is -0.296 e. The predicted molar refractivity (Wildman–Crippen MR) is 99.3 cm³/mol. The average molecular weight is 403 g/mol. The van der Waals surface area contributed by atoms with Gasteiger partial charge in [0.25, 0.3) is 5.91 Å². The molecular weight excluding hydrogens is 388 g/mol. The summed E-state index contributed by atoms with van der Waals surface area (Å²) in [5, 5.41) is 12.2. The van der Waals surface area contributed by atoms with Gasteiger partial charge in [-0.25, -0.2) is 0 Å². The van der Waals surface area contributed by atoms with Crippen molar-refractivity contribution in [1.29, 1.82) is 0 Å². The van der Waals surface area contributed by atoms with Gasteiger partial charge in [0.15, 0.2) is 0 Å². The van der Waals surface area contributed by atoms with Crippen LogP contribution in [0.4, 0.5) is 5.13 Å². The molecule has 2 aromatic heterocycles. The van der Waals surface area contributed by atoms with Crippen LogP contribution in [0.3, 0.4) is 0 Å². The van der Waals surface area contributed by atoms with Crippen LogP contribution in [0.1, 0.15) is 35.7 Å². The van der Waals surface area contributed by atoms with E-state index in [2.05, 4.69) is 62.4 Å². The largest absolute Gasteiger partial charge is 0.296 e. The van der Waals surface area contributed by atoms with Crippen molar-refractivity contribution in [3.8, 4) is 10.6 Å². The van der Waals surface area contributed by atoms with Crippen LogP contribution >= 0.6 is 27.3 Å². The van der Waals surface area contributed by atoms with Crippen LogP contribution < -0.4 is 5.32 Å². The molecule has 2 heterocycles. The molecule has 0 saturated carbocycles. The molecule has 0 saturated heterocycles. The SMILES string of the molecule is CC(C)c1ccc(-c2nnc(NC(=O)c3cncc(Br)c3)s2)cc1. The molecule has 0 radical (unpaired) electrons. The summed E-state index contributed by atoms with van der Waals surface area (Å²) in [6.07, 6.45) is 3.13. The summed E-state index contributed by atoms with van der Waals surface area (Å²) in [4.78, 5) is 16.2. The molecule has 3 rings (SSSR count). The quantitative estimate of drug-likeness (QED) is 0.684. The van der Waals surface area contributed by atoms with Crippen LogP contribution in [-0.4, -0.2) is 21.1 Å². The highest BCUT2D eigenvalue weighted by Crippen LogP contribution is 2.28. The van der Waals surface area contributed by atoms with E-state index in [1.54, 1.807) is 12.3 Å². The van der Waals surface area contributed by atoms with E-state index in [1.165, 1.54) is 23.1 Å². The zero-order chi connectivity index (χ0) is 17.1. The maximum absolute atomic E-state index is 12.2. The molecule has 1 aromatic carbocycles. The van der Waals surface area contributed by atoms with Gasteiger partial charge in [-0.3, -0.25) is 15.1 Å². The number of aromatic nitrogens is 3. The smallest absolute Gasteiger partial charge is 0.259 e. The first-order valence-electron chi connectivity index (χ1n) is 7.38. The topological polar surface area (TPSA) is 67.8 Å². The lowest BCUT2D eigenvalue weighted by molar-refractivity contribution is 0.102. The number of pyridine rings is 1. The van der Waals surface area contributed by atoms with Gasteiger partial charge in [0.05, 0.1) is 5.56 Å². The molecule has 0 spiro atoms. The summed E-state index contributed by atoms with van der Waals surface area (Å²) in [6.45, 7) is 4.31. The van der Waals surface area contributed by atoms with Gasteiger partial charge in [0, 0.05) is 22.4 Å². The normalized spacial score (nSPS) is 10.8. The minimum absolute atomic E-state index is 0.262. The second kappa shape index (κ2) is 7.19. The lowest BCUT2D eigenvalue weighted by Gasteiger charge is -2.04. The van der Waals surface area contributed by atoms with Crippen LogP contribution in [0.15, 0.2) is 47.2 Å². The number of halogens is 1. The average Bonchev–Trinajstić information content (AvgIpc) is 3.03. The molecule has 0 aliphatic carbocycles. The van der Waals surface area contributed by atoms with Gasteiger partial charge in [0.1, 0.15) is 5.01 Å². The molecule has 0 aliphatic heterocycles. The summed E-state index contributed by atoms with van der Waals surface area (Å²) in [7, 11) is 0. The van der Waals surface area contributed by atoms with E-state index in [-0.39, 0.29) is 5.91 Å². The highest BCUT2D eigenvalue weighted by molar-refractivity contribution is 9.10. The lowest BCUT2D eigenvalue weighted by Crippen LogP contribution is -2.11. The van der Waals surface area contributed by atoms with Gasteiger partial charge < -0.3 is 0 Å². The monoisotopic (exact) mass is 402 g/mol. The van der Waals surface area contributed by atoms with Gasteiger partial charge in [-0.2, -0.15) is 0 Å². The van der Waals surface area contributed by atoms with Crippen molar-refractivity contribution in [2.75, 3.05) is 5.32 Å². The Morgan fingerprint density at radius 2 is 1.92 bits per heavy atom. The van der Waals surface area contributed by atoms with Crippen molar-refractivity contribution in [2.45, 2.75) is 19.8 Å². The Bertz CT molecular complexity index is 861. The summed E-state index contributed by atoms with van der Waals surface area (Å²) in [5.41, 5.74) is 2.72. The Hall–Kier alpha value is -2.12. The van der Waals surface area contributed by atoms with Gasteiger partial charge in [-0.1, -0.05) is 49.4 Å². The van der Waals surface area contributed by atoms with Crippen molar-refractivity contribution < 1.29 is 4.79 Å². The standard InChI is InChI=1S/C17H15BrN4OS/c1-10(2)11-3-5-12(6-4-11)16-21-22-17(24-16)20-15(23)13-7-14(18)9-19-8-13/h3-10H,1-2H3,(H,20,22,23). The molecule has 0 unspecified atom stereocenters. The third-order valence-electron chi connectivity index (χ3n) is 3.44. The third kappa shape index (κ3) is 3.85. The van der Waals surface area contributed by atoms with Crippen LogP contribution in [0.25, 0.3) is 10.6 Å². The third-order valence-corrected chi connectivity index (χ3v) is 4.76. The number of carbonyl (C=O) groups excluding carboxylic acids is 1. The number of benzene rings is 1. The Balaban J connectivity index is 1.74. The molecule has 7 heteroatoms. The van der Waals surface area contributed by atoms with E-state index in [0.717, 1.165) is 15.0 Å². The van der Waals surface area contributed by atoms with Crippen LogP contribution in [0.5, 0.6) is 0 Å². The fourth-order valence-corrected chi connectivity index (χ4v) is 3.22. The molecule has 122 valence electrons. The highest BCUT2D eigenvalue weighted by atomic mass is 79.9. The molecule has 3 aromatic rings. The van der Waals surface area contributed by atoms with Gasteiger partial charge in [0.2, 0.25) is 5.13 Å². The molecular formula is C17H15BrN4OS. The molecule has 0 atom stereocenters. The number of amides is 1. The number of anilines is 1. The maximum Gasteiger partial charge on any atom is 0.259 e. The van der Waals surface area contributed by atoms with Crippen LogP contribution in [0.2, 0.25) is 0 Å². The molecule has 0 aliphatic rings. The summed E-state index contributed by atoms with van der Waals surface area (Å²) in [6, 6.07) is 9.94. The zero-order valence-electron chi connectivity index (χ0n) is 13.2. The fourth-order valence-electron chi connectivity index (χ4n) is 2.11. The van der Waals surface area contributed by atoms with E-state index in [9.17, 15) is 4.79 Å². The number of hydrogen-bond donors (Lipinski definition) is 1. The Morgan fingerprint density at radius 1 is 1.17 bits per heavy atom. The van der Waals surface area contributed by atoms with Gasteiger partial charge in [-0.05, 0) is 33.5 Å². The van der Waals surface area contributed by atoms with E-state index < -0.39 is 0 Å². The van der Waals surface area contributed by atoms with Crippen molar-refractivity contribution in [1.82, 2.24) is 15.2 Å². The molecule has 24 heavy (non-hydrogen) atoms. The fraction of sp³-hybridized carbons (Fsp3) is 0.176. The molecule has 0 bridgehead atoms. The van der Waals surface area contributed by atoms with Crippen LogP contribution in [-0.2, 0) is 0 Å².